The van der Waals surface area contributed by atoms with E-state index >= 15 is 0 Å². The summed E-state index contributed by atoms with van der Waals surface area (Å²) < 4.78 is 0. The van der Waals surface area contributed by atoms with Crippen molar-refractivity contribution >= 4 is 11.8 Å². The van der Waals surface area contributed by atoms with Crippen molar-refractivity contribution in [2.45, 2.75) is 32.4 Å². The van der Waals surface area contributed by atoms with Crippen LogP contribution >= 0.6 is 0 Å². The molecule has 0 aliphatic carbocycles. The lowest BCUT2D eigenvalue weighted by molar-refractivity contribution is -0.145. The molecule has 5 heteroatoms. The molecule has 1 fully saturated rings. The zero-order valence-corrected chi connectivity index (χ0v) is 8.49. The van der Waals surface area contributed by atoms with Gasteiger partial charge in [0.15, 0.2) is 0 Å². The normalized spacial score (nSPS) is 18.6. The third-order valence-corrected chi connectivity index (χ3v) is 2.24. The number of nitrogens with zero attached hydrogens (tertiary/aromatic N) is 1. The Balaban J connectivity index is 2.23. The van der Waals surface area contributed by atoms with E-state index in [-0.39, 0.29) is 17.9 Å². The van der Waals surface area contributed by atoms with Gasteiger partial charge in [-0.05, 0) is 6.92 Å². The molecule has 0 bridgehead atoms. The predicted octanol–water partition coefficient (Wildman–Crippen LogP) is -0.896. The zero-order chi connectivity index (χ0) is 10.7. The van der Waals surface area contributed by atoms with Crippen LogP contribution in [-0.2, 0) is 9.59 Å². The number of hydrogen-bond acceptors (Lipinski definition) is 3. The third kappa shape index (κ3) is 2.45. The quantitative estimate of drug-likeness (QED) is 0.620. The highest BCUT2D eigenvalue weighted by atomic mass is 16.3. The van der Waals surface area contributed by atoms with Crippen LogP contribution in [0, 0.1) is 0 Å². The molecule has 1 rings (SSSR count). The van der Waals surface area contributed by atoms with Crippen LogP contribution in [0.5, 0.6) is 0 Å². The smallest absolute Gasteiger partial charge is 0.251 e. The Morgan fingerprint density at radius 1 is 1.57 bits per heavy atom. The highest BCUT2D eigenvalue weighted by molar-refractivity contribution is 5.82. The van der Waals surface area contributed by atoms with Crippen LogP contribution < -0.4 is 5.32 Å². The number of likely N-dealkylation sites (tertiary alicyclic amines) is 1. The molecule has 0 aromatic heterocycles. The van der Waals surface area contributed by atoms with Gasteiger partial charge in [-0.15, -0.1) is 0 Å². The van der Waals surface area contributed by atoms with Crippen LogP contribution in [0.3, 0.4) is 0 Å². The highest BCUT2D eigenvalue weighted by Crippen LogP contribution is 2.09. The maximum atomic E-state index is 11.2. The number of rotatable bonds is 3. The van der Waals surface area contributed by atoms with E-state index in [2.05, 4.69) is 5.32 Å². The predicted molar refractivity (Wildman–Crippen MR) is 50.5 cm³/mol. The summed E-state index contributed by atoms with van der Waals surface area (Å²) in [5, 5.41) is 11.8. The van der Waals surface area contributed by atoms with Crippen LogP contribution in [0.1, 0.15) is 20.3 Å². The minimum atomic E-state index is -0.946. The SMILES string of the molecule is CCC(=O)NC1CN(C(=O)C(C)O)C1. The molecular formula is C9H16N2O3. The van der Waals surface area contributed by atoms with E-state index in [0.717, 1.165) is 0 Å². The van der Waals surface area contributed by atoms with Crippen molar-refractivity contribution in [2.75, 3.05) is 13.1 Å². The van der Waals surface area contributed by atoms with Gasteiger partial charge in [-0.3, -0.25) is 9.59 Å². The van der Waals surface area contributed by atoms with E-state index in [1.165, 1.54) is 11.8 Å². The van der Waals surface area contributed by atoms with Crippen LogP contribution in [0.15, 0.2) is 0 Å². The Labute approximate surface area is 83.1 Å². The van der Waals surface area contributed by atoms with Gasteiger partial charge in [0.25, 0.3) is 5.91 Å². The molecule has 2 amide bonds. The van der Waals surface area contributed by atoms with E-state index in [1.807, 2.05) is 0 Å². The molecule has 0 radical (unpaired) electrons. The molecule has 1 atom stereocenters. The van der Waals surface area contributed by atoms with E-state index in [1.54, 1.807) is 6.92 Å². The van der Waals surface area contributed by atoms with Gasteiger partial charge >= 0.3 is 0 Å². The Morgan fingerprint density at radius 2 is 2.14 bits per heavy atom. The van der Waals surface area contributed by atoms with E-state index in [9.17, 15) is 9.59 Å². The fraction of sp³-hybridized carbons (Fsp3) is 0.778. The van der Waals surface area contributed by atoms with Crippen molar-refractivity contribution in [3.8, 4) is 0 Å². The van der Waals surface area contributed by atoms with Crippen molar-refractivity contribution in [3.05, 3.63) is 0 Å². The number of aliphatic hydroxyl groups is 1. The van der Waals surface area contributed by atoms with Crippen molar-refractivity contribution in [3.63, 3.8) is 0 Å². The van der Waals surface area contributed by atoms with Crippen LogP contribution in [-0.4, -0.2) is 47.1 Å². The average Bonchev–Trinajstić information content (AvgIpc) is 2.08. The second-order valence-corrected chi connectivity index (χ2v) is 3.54. The van der Waals surface area contributed by atoms with Crippen molar-refractivity contribution in [1.82, 2.24) is 10.2 Å². The fourth-order valence-electron chi connectivity index (χ4n) is 1.34. The third-order valence-electron chi connectivity index (χ3n) is 2.24. The number of carbonyl (C=O) groups is 2. The van der Waals surface area contributed by atoms with E-state index in [0.29, 0.717) is 19.5 Å². The molecule has 1 aliphatic rings. The lowest BCUT2D eigenvalue weighted by atomic mass is 10.1. The molecule has 0 spiro atoms. The summed E-state index contributed by atoms with van der Waals surface area (Å²) in [6, 6.07) is 0.0603. The number of amides is 2. The molecule has 80 valence electrons. The Hall–Kier alpha value is -1.10. The summed E-state index contributed by atoms with van der Waals surface area (Å²) in [6.07, 6.45) is -0.487. The Bertz CT molecular complexity index is 234. The largest absolute Gasteiger partial charge is 0.384 e. The van der Waals surface area contributed by atoms with Gasteiger partial charge in [-0.25, -0.2) is 0 Å². The van der Waals surface area contributed by atoms with Gasteiger partial charge in [0.05, 0.1) is 6.04 Å². The minimum Gasteiger partial charge on any atom is -0.384 e. The Morgan fingerprint density at radius 3 is 2.57 bits per heavy atom. The zero-order valence-electron chi connectivity index (χ0n) is 8.49. The van der Waals surface area contributed by atoms with Gasteiger partial charge in [-0.2, -0.15) is 0 Å². The van der Waals surface area contributed by atoms with E-state index < -0.39 is 6.10 Å². The summed E-state index contributed by atoms with van der Waals surface area (Å²) in [7, 11) is 0. The molecule has 2 N–H and O–H groups in total. The summed E-state index contributed by atoms with van der Waals surface area (Å²) in [5.41, 5.74) is 0. The summed E-state index contributed by atoms with van der Waals surface area (Å²) in [4.78, 5) is 23.7. The van der Waals surface area contributed by atoms with Crippen molar-refractivity contribution < 1.29 is 14.7 Å². The first-order chi connectivity index (χ1) is 6.54. The minimum absolute atomic E-state index is 0.000791. The first kappa shape index (κ1) is 11.0. The standard InChI is InChI=1S/C9H16N2O3/c1-3-8(13)10-7-4-11(5-7)9(14)6(2)12/h6-7,12H,3-5H2,1-2H3,(H,10,13). The monoisotopic (exact) mass is 200 g/mol. The molecule has 0 aromatic carbocycles. The van der Waals surface area contributed by atoms with Crippen LogP contribution in [0.2, 0.25) is 0 Å². The molecule has 0 aromatic rings. The molecule has 5 nitrogen and oxygen atoms in total. The maximum absolute atomic E-state index is 11.2. The first-order valence-corrected chi connectivity index (χ1v) is 4.80. The van der Waals surface area contributed by atoms with Crippen molar-refractivity contribution in [1.29, 1.82) is 0 Å². The number of nitrogens with one attached hydrogen (secondary N) is 1. The molecule has 14 heavy (non-hydrogen) atoms. The van der Waals surface area contributed by atoms with Crippen molar-refractivity contribution in [2.24, 2.45) is 0 Å². The lowest BCUT2D eigenvalue weighted by Gasteiger charge is -2.40. The molecule has 1 unspecified atom stereocenters. The first-order valence-electron chi connectivity index (χ1n) is 4.80. The lowest BCUT2D eigenvalue weighted by Crippen LogP contribution is -2.62. The van der Waals surface area contributed by atoms with Crippen LogP contribution in [0.25, 0.3) is 0 Å². The number of aliphatic hydroxyl groups excluding tert-OH is 1. The molecule has 1 aliphatic heterocycles. The summed E-state index contributed by atoms with van der Waals surface area (Å²) in [6.45, 7) is 4.25. The summed E-state index contributed by atoms with van der Waals surface area (Å²) in [5.74, 6) is -0.272. The number of hydrogen-bond donors (Lipinski definition) is 2. The second-order valence-electron chi connectivity index (χ2n) is 3.54. The molecule has 1 saturated heterocycles. The topological polar surface area (TPSA) is 69.6 Å². The van der Waals surface area contributed by atoms with Gasteiger partial charge in [0.1, 0.15) is 6.10 Å². The highest BCUT2D eigenvalue weighted by Gasteiger charge is 2.32. The second kappa shape index (κ2) is 4.41. The van der Waals surface area contributed by atoms with E-state index in [4.69, 9.17) is 5.11 Å². The fourth-order valence-corrected chi connectivity index (χ4v) is 1.34. The number of carbonyl (C=O) groups excluding carboxylic acids is 2. The van der Waals surface area contributed by atoms with Gasteiger partial charge in [-0.1, -0.05) is 6.92 Å². The van der Waals surface area contributed by atoms with Gasteiger partial charge < -0.3 is 15.3 Å². The van der Waals surface area contributed by atoms with Gasteiger partial charge in [0, 0.05) is 19.5 Å². The molecular weight excluding hydrogens is 184 g/mol. The Kier molecular flexibility index (Phi) is 3.46. The van der Waals surface area contributed by atoms with Gasteiger partial charge in [0.2, 0.25) is 5.91 Å². The average molecular weight is 200 g/mol. The molecule has 0 saturated carbocycles. The summed E-state index contributed by atoms with van der Waals surface area (Å²) >= 11 is 0. The molecule has 1 heterocycles. The van der Waals surface area contributed by atoms with Crippen LogP contribution in [0.4, 0.5) is 0 Å². The maximum Gasteiger partial charge on any atom is 0.251 e.